The first-order chi connectivity index (χ1) is 14.0. The smallest absolute Gasteiger partial charge is 0.274 e. The summed E-state index contributed by atoms with van der Waals surface area (Å²) in [6, 6.07) is 9.35. The van der Waals surface area contributed by atoms with E-state index in [-0.39, 0.29) is 11.9 Å². The highest BCUT2D eigenvalue weighted by atomic mass is 35.5. The van der Waals surface area contributed by atoms with Gasteiger partial charge in [-0.25, -0.2) is 0 Å². The molecule has 4 N–H and O–H groups in total. The van der Waals surface area contributed by atoms with Crippen LogP contribution in [-0.2, 0) is 6.54 Å². The summed E-state index contributed by atoms with van der Waals surface area (Å²) in [7, 11) is 1.50. The second kappa shape index (κ2) is 8.44. The van der Waals surface area contributed by atoms with Crippen molar-refractivity contribution in [2.45, 2.75) is 19.4 Å². The van der Waals surface area contributed by atoms with Gasteiger partial charge in [-0.2, -0.15) is 0 Å². The van der Waals surface area contributed by atoms with Crippen molar-refractivity contribution in [1.82, 2.24) is 15.2 Å². The van der Waals surface area contributed by atoms with Crippen molar-refractivity contribution in [3.8, 4) is 10.8 Å². The summed E-state index contributed by atoms with van der Waals surface area (Å²) in [4.78, 5) is 22.8. The van der Waals surface area contributed by atoms with Crippen LogP contribution in [0.1, 0.15) is 28.2 Å². The Hall–Kier alpha value is -2.55. The lowest BCUT2D eigenvalue weighted by Gasteiger charge is -2.12. The average molecular weight is 432 g/mol. The molecular formula is C20H22ClN5O2S. The van der Waals surface area contributed by atoms with E-state index in [1.54, 1.807) is 23.5 Å². The fourth-order valence-electron chi connectivity index (χ4n) is 3.36. The molecular weight excluding hydrogens is 410 g/mol. The Morgan fingerprint density at radius 3 is 2.90 bits per heavy atom. The van der Waals surface area contributed by atoms with Crippen LogP contribution >= 0.6 is 22.9 Å². The van der Waals surface area contributed by atoms with E-state index in [1.807, 2.05) is 12.1 Å². The molecule has 3 aromatic rings. The van der Waals surface area contributed by atoms with Crippen molar-refractivity contribution in [1.29, 1.82) is 0 Å². The molecule has 0 unspecified atom stereocenters. The predicted octanol–water partition coefficient (Wildman–Crippen LogP) is 3.95. The normalized spacial score (nSPS) is 15.2. The molecule has 1 amide bonds. The number of aromatic amines is 1. The number of aliphatic imine (C=N–C) groups is 1. The predicted molar refractivity (Wildman–Crippen MR) is 117 cm³/mol. The van der Waals surface area contributed by atoms with E-state index in [0.29, 0.717) is 22.0 Å². The molecule has 9 heteroatoms. The number of fused-ring (bicyclic) bond motifs is 1. The number of hydrogen-bond acceptors (Lipinski definition) is 5. The van der Waals surface area contributed by atoms with Gasteiger partial charge in [-0.15, -0.1) is 11.3 Å². The summed E-state index contributed by atoms with van der Waals surface area (Å²) in [5.74, 6) is 0.277. The fourth-order valence-corrected chi connectivity index (χ4v) is 4.54. The molecule has 152 valence electrons. The lowest BCUT2D eigenvalue weighted by Crippen LogP contribution is -2.36. The number of nitrogens with zero attached hydrogens (tertiary/aromatic N) is 2. The van der Waals surface area contributed by atoms with Gasteiger partial charge in [0, 0.05) is 36.0 Å². The molecule has 0 radical (unpaired) electrons. The van der Waals surface area contributed by atoms with Crippen LogP contribution < -0.4 is 15.8 Å². The Morgan fingerprint density at radius 2 is 2.14 bits per heavy atom. The number of amides is 1. The Labute approximate surface area is 177 Å². The molecule has 0 spiro atoms. The van der Waals surface area contributed by atoms with Gasteiger partial charge in [-0.05, 0) is 44.1 Å². The number of nitrogens with one attached hydrogen (secondary N) is 2. The number of ether oxygens (including phenoxy) is 1. The van der Waals surface area contributed by atoms with Crippen molar-refractivity contribution in [2.75, 3.05) is 20.1 Å². The molecule has 0 bridgehead atoms. The minimum atomic E-state index is -0.382. The summed E-state index contributed by atoms with van der Waals surface area (Å²) >= 11 is 8.05. The maximum Gasteiger partial charge on any atom is 0.274 e. The van der Waals surface area contributed by atoms with Crippen LogP contribution in [0.5, 0.6) is 10.8 Å². The number of nitrogens with two attached hydrogens (primary N) is 1. The largest absolute Gasteiger partial charge is 0.447 e. The second-order valence-electron chi connectivity index (χ2n) is 6.92. The van der Waals surface area contributed by atoms with E-state index < -0.39 is 0 Å². The van der Waals surface area contributed by atoms with Gasteiger partial charge < -0.3 is 15.5 Å². The molecule has 1 aliphatic heterocycles. The van der Waals surface area contributed by atoms with E-state index >= 15 is 0 Å². The minimum absolute atomic E-state index is 0.0474. The SMILES string of the molecule is CN=C(N)NC(=O)c1cc2c(Cl)cc(Oc3ccc(CN4CCCC4)s3)cc2[nH]1. The maximum absolute atomic E-state index is 12.2. The number of rotatable bonds is 5. The molecule has 7 nitrogen and oxygen atoms in total. The number of H-pyrrole nitrogens is 1. The topological polar surface area (TPSA) is 95.7 Å². The number of likely N-dealkylation sites (tertiary alicyclic amines) is 1. The number of thiophene rings is 1. The lowest BCUT2D eigenvalue weighted by atomic mass is 10.2. The number of carbonyl (C=O) groups is 1. The van der Waals surface area contributed by atoms with Gasteiger partial charge >= 0.3 is 0 Å². The Bertz CT molecular complexity index is 1070. The first kappa shape index (κ1) is 19.8. The third-order valence-electron chi connectivity index (χ3n) is 4.82. The zero-order chi connectivity index (χ0) is 20.4. The van der Waals surface area contributed by atoms with E-state index in [1.165, 1.54) is 37.9 Å². The molecule has 1 saturated heterocycles. The van der Waals surface area contributed by atoms with Gasteiger partial charge in [0.25, 0.3) is 5.91 Å². The van der Waals surface area contributed by atoms with E-state index in [9.17, 15) is 4.79 Å². The Morgan fingerprint density at radius 1 is 1.34 bits per heavy atom. The quantitative estimate of drug-likeness (QED) is 0.421. The van der Waals surface area contributed by atoms with Gasteiger partial charge in [-0.3, -0.25) is 20.0 Å². The molecule has 0 atom stereocenters. The number of halogens is 1. The molecule has 29 heavy (non-hydrogen) atoms. The molecule has 0 aliphatic carbocycles. The lowest BCUT2D eigenvalue weighted by molar-refractivity contribution is 0.0972. The minimum Gasteiger partial charge on any atom is -0.447 e. The van der Waals surface area contributed by atoms with E-state index in [2.05, 4.69) is 26.3 Å². The molecule has 1 fully saturated rings. The van der Waals surface area contributed by atoms with Crippen LogP contribution in [0, 0.1) is 0 Å². The van der Waals surface area contributed by atoms with Gasteiger partial charge in [0.05, 0.1) is 10.5 Å². The van der Waals surface area contributed by atoms with Crippen molar-refractivity contribution in [2.24, 2.45) is 10.7 Å². The molecule has 3 heterocycles. The van der Waals surface area contributed by atoms with Crippen LogP contribution in [0.3, 0.4) is 0 Å². The first-order valence-electron chi connectivity index (χ1n) is 9.36. The summed E-state index contributed by atoms with van der Waals surface area (Å²) in [6.07, 6.45) is 2.56. The molecule has 4 rings (SSSR count). The highest BCUT2D eigenvalue weighted by Crippen LogP contribution is 2.35. The van der Waals surface area contributed by atoms with E-state index in [0.717, 1.165) is 17.0 Å². The fraction of sp³-hybridized carbons (Fsp3) is 0.300. The van der Waals surface area contributed by atoms with Crippen LogP contribution in [0.25, 0.3) is 10.9 Å². The second-order valence-corrected chi connectivity index (χ2v) is 8.46. The van der Waals surface area contributed by atoms with Gasteiger partial charge in [-0.1, -0.05) is 11.6 Å². The van der Waals surface area contributed by atoms with Crippen molar-refractivity contribution < 1.29 is 9.53 Å². The number of benzene rings is 1. The van der Waals surface area contributed by atoms with Crippen LogP contribution in [0.4, 0.5) is 0 Å². The monoisotopic (exact) mass is 431 g/mol. The van der Waals surface area contributed by atoms with Crippen molar-refractivity contribution in [3.63, 3.8) is 0 Å². The van der Waals surface area contributed by atoms with Crippen molar-refractivity contribution in [3.05, 3.63) is 45.9 Å². The van der Waals surface area contributed by atoms with Crippen LogP contribution in [0.15, 0.2) is 35.3 Å². The third kappa shape index (κ3) is 4.55. The molecule has 1 aromatic carbocycles. The average Bonchev–Trinajstić information content (AvgIpc) is 3.43. The van der Waals surface area contributed by atoms with E-state index in [4.69, 9.17) is 22.1 Å². The number of guanidine groups is 1. The summed E-state index contributed by atoms with van der Waals surface area (Å²) in [5, 5.41) is 4.54. The summed E-state index contributed by atoms with van der Waals surface area (Å²) < 4.78 is 6.02. The molecule has 0 saturated carbocycles. The number of carbonyl (C=O) groups excluding carboxylic acids is 1. The third-order valence-corrected chi connectivity index (χ3v) is 6.08. The van der Waals surface area contributed by atoms with Crippen molar-refractivity contribution >= 4 is 45.7 Å². The Kier molecular flexibility index (Phi) is 5.75. The standard InChI is InChI=1S/C20H22ClN5O2S/c1-23-20(22)25-19(27)17-10-14-15(21)8-12(9-16(14)24-17)28-18-5-4-13(29-18)11-26-6-2-3-7-26/h4-5,8-10,24H,2-3,6-7,11H2,1H3,(H3,22,23,25,27). The molecule has 2 aromatic heterocycles. The van der Waals surface area contributed by atoms with Gasteiger partial charge in [0.1, 0.15) is 11.4 Å². The Balaban J connectivity index is 1.51. The number of hydrogen-bond donors (Lipinski definition) is 3. The van der Waals surface area contributed by atoms with Crippen LogP contribution in [0.2, 0.25) is 5.02 Å². The zero-order valence-corrected chi connectivity index (χ0v) is 17.6. The zero-order valence-electron chi connectivity index (χ0n) is 16.0. The van der Waals surface area contributed by atoms with Crippen LogP contribution in [-0.4, -0.2) is 41.9 Å². The van der Waals surface area contributed by atoms with Gasteiger partial charge in [0.15, 0.2) is 11.0 Å². The highest BCUT2D eigenvalue weighted by Gasteiger charge is 2.15. The first-order valence-corrected chi connectivity index (χ1v) is 10.6. The summed E-state index contributed by atoms with van der Waals surface area (Å²) in [5.41, 5.74) is 6.60. The summed E-state index contributed by atoms with van der Waals surface area (Å²) in [6.45, 7) is 3.30. The number of aromatic nitrogens is 1. The maximum atomic E-state index is 12.2. The highest BCUT2D eigenvalue weighted by molar-refractivity contribution is 7.13. The molecule has 1 aliphatic rings. The van der Waals surface area contributed by atoms with Gasteiger partial charge in [0.2, 0.25) is 0 Å².